The summed E-state index contributed by atoms with van der Waals surface area (Å²) in [7, 11) is 0. The molecule has 16 heavy (non-hydrogen) atoms. The first-order valence-corrected chi connectivity index (χ1v) is 5.21. The van der Waals surface area contributed by atoms with Gasteiger partial charge in [0, 0.05) is 0 Å². The monoisotopic (exact) mass is 219 g/mol. The van der Waals surface area contributed by atoms with Gasteiger partial charge in [-0.15, -0.1) is 0 Å². The number of nitrogens with one attached hydrogen (secondary N) is 2. The molecule has 4 N–H and O–H groups in total. The van der Waals surface area contributed by atoms with Crippen LogP contribution in [0.3, 0.4) is 0 Å². The third-order valence-electron chi connectivity index (χ3n) is 2.52. The molecule has 0 saturated carbocycles. The van der Waals surface area contributed by atoms with Crippen molar-refractivity contribution < 1.29 is 4.79 Å². The molecule has 0 aromatic heterocycles. The van der Waals surface area contributed by atoms with Crippen molar-refractivity contribution in [1.29, 1.82) is 5.41 Å². The molecule has 1 amide bonds. The smallest absolute Gasteiger partial charge is 0.230 e. The van der Waals surface area contributed by atoms with Crippen molar-refractivity contribution in [1.82, 2.24) is 5.32 Å². The number of carbonyl (C=O) groups is 1. The lowest BCUT2D eigenvalue weighted by Crippen LogP contribution is -2.37. The summed E-state index contributed by atoms with van der Waals surface area (Å²) >= 11 is 0. The number of hydrogen-bond acceptors (Lipinski definition) is 2. The van der Waals surface area contributed by atoms with E-state index in [9.17, 15) is 4.79 Å². The Labute approximate surface area is 95.4 Å². The second-order valence-corrected chi connectivity index (χ2v) is 3.82. The van der Waals surface area contributed by atoms with Gasteiger partial charge < -0.3 is 11.1 Å². The van der Waals surface area contributed by atoms with E-state index in [0.29, 0.717) is 0 Å². The summed E-state index contributed by atoms with van der Waals surface area (Å²) < 4.78 is 0. The Hall–Kier alpha value is -1.84. The minimum atomic E-state index is -0.578. The lowest BCUT2D eigenvalue weighted by molar-refractivity contribution is -0.123. The molecule has 0 bridgehead atoms. The molecule has 1 rings (SSSR count). The fourth-order valence-electron chi connectivity index (χ4n) is 1.30. The average molecular weight is 219 g/mol. The van der Waals surface area contributed by atoms with Crippen molar-refractivity contribution >= 4 is 11.7 Å². The fourth-order valence-corrected chi connectivity index (χ4v) is 1.30. The molecule has 1 unspecified atom stereocenters. The molecule has 0 fully saturated rings. The molecule has 0 spiro atoms. The summed E-state index contributed by atoms with van der Waals surface area (Å²) in [5.41, 5.74) is 6.31. The quantitative estimate of drug-likeness (QED) is 0.529. The van der Waals surface area contributed by atoms with Crippen LogP contribution in [-0.4, -0.2) is 11.7 Å². The molecule has 0 radical (unpaired) electrons. The van der Waals surface area contributed by atoms with E-state index >= 15 is 0 Å². The first-order chi connectivity index (χ1) is 7.52. The van der Waals surface area contributed by atoms with Crippen LogP contribution in [0.25, 0.3) is 0 Å². The van der Waals surface area contributed by atoms with Crippen molar-refractivity contribution in [2.24, 2.45) is 11.7 Å². The molecule has 86 valence electrons. The zero-order valence-electron chi connectivity index (χ0n) is 9.53. The fraction of sp³-hybridized carbons (Fsp3) is 0.333. The van der Waals surface area contributed by atoms with Crippen LogP contribution in [0.15, 0.2) is 30.3 Å². The molecule has 4 heteroatoms. The molecular formula is C12H17N3O. The highest BCUT2D eigenvalue weighted by Gasteiger charge is 2.17. The van der Waals surface area contributed by atoms with E-state index < -0.39 is 5.92 Å². The molecule has 1 aromatic rings. The maximum Gasteiger partial charge on any atom is 0.230 e. The Morgan fingerprint density at radius 1 is 1.31 bits per heavy atom. The first kappa shape index (κ1) is 12.2. The van der Waals surface area contributed by atoms with Crippen LogP contribution in [0.4, 0.5) is 0 Å². The maximum atomic E-state index is 11.6. The van der Waals surface area contributed by atoms with E-state index in [4.69, 9.17) is 11.1 Å². The van der Waals surface area contributed by atoms with Crippen LogP contribution in [-0.2, 0) is 4.79 Å². The lowest BCUT2D eigenvalue weighted by atomic mass is 10.1. The van der Waals surface area contributed by atoms with Crippen molar-refractivity contribution in [3.63, 3.8) is 0 Å². The van der Waals surface area contributed by atoms with Crippen LogP contribution in [0.5, 0.6) is 0 Å². The number of benzene rings is 1. The highest BCUT2D eigenvalue weighted by atomic mass is 16.1. The van der Waals surface area contributed by atoms with Crippen LogP contribution < -0.4 is 11.1 Å². The zero-order valence-corrected chi connectivity index (χ0v) is 9.53. The van der Waals surface area contributed by atoms with Gasteiger partial charge in [-0.25, -0.2) is 0 Å². The highest BCUT2D eigenvalue weighted by molar-refractivity contribution is 6.00. The largest absolute Gasteiger partial charge is 0.387 e. The molecule has 1 aromatic carbocycles. The van der Waals surface area contributed by atoms with Gasteiger partial charge in [0.25, 0.3) is 0 Å². The SMILES string of the molecule is CC(C(=N)N)C(=O)N[C@@H](C)c1ccccc1. The zero-order chi connectivity index (χ0) is 12.1. The van der Waals surface area contributed by atoms with Gasteiger partial charge >= 0.3 is 0 Å². The summed E-state index contributed by atoms with van der Waals surface area (Å²) in [4.78, 5) is 11.6. The van der Waals surface area contributed by atoms with Crippen molar-refractivity contribution in [3.05, 3.63) is 35.9 Å². The van der Waals surface area contributed by atoms with Crippen LogP contribution in [0, 0.1) is 11.3 Å². The molecule has 4 nitrogen and oxygen atoms in total. The van der Waals surface area contributed by atoms with Crippen LogP contribution in [0.2, 0.25) is 0 Å². The second kappa shape index (κ2) is 5.30. The number of carbonyl (C=O) groups excluding carboxylic acids is 1. The van der Waals surface area contributed by atoms with Crippen molar-refractivity contribution in [2.45, 2.75) is 19.9 Å². The van der Waals surface area contributed by atoms with E-state index in [-0.39, 0.29) is 17.8 Å². The molecule has 2 atom stereocenters. The Kier molecular flexibility index (Phi) is 4.05. The van der Waals surface area contributed by atoms with Gasteiger partial charge in [-0.3, -0.25) is 10.2 Å². The van der Waals surface area contributed by atoms with Crippen molar-refractivity contribution in [3.8, 4) is 0 Å². The molecule has 0 heterocycles. The predicted octanol–water partition coefficient (Wildman–Crippen LogP) is 1.44. The van der Waals surface area contributed by atoms with Crippen LogP contribution in [0.1, 0.15) is 25.5 Å². The van der Waals surface area contributed by atoms with E-state index in [2.05, 4.69) is 5.32 Å². The normalized spacial score (nSPS) is 13.9. The number of amidine groups is 1. The third kappa shape index (κ3) is 3.08. The summed E-state index contributed by atoms with van der Waals surface area (Å²) in [6, 6.07) is 9.59. The Balaban J connectivity index is 2.62. The molecule has 0 aliphatic rings. The minimum absolute atomic E-state index is 0.0736. The molecule has 0 aliphatic heterocycles. The lowest BCUT2D eigenvalue weighted by Gasteiger charge is -2.17. The Morgan fingerprint density at radius 3 is 2.38 bits per heavy atom. The van der Waals surface area contributed by atoms with Gasteiger partial charge in [0.05, 0.1) is 12.0 Å². The van der Waals surface area contributed by atoms with Gasteiger partial charge in [-0.05, 0) is 19.4 Å². The summed E-state index contributed by atoms with van der Waals surface area (Å²) in [5, 5.41) is 10.0. The van der Waals surface area contributed by atoms with Gasteiger partial charge in [0.2, 0.25) is 5.91 Å². The summed E-state index contributed by atoms with van der Waals surface area (Å²) in [5.74, 6) is -0.909. The Bertz CT molecular complexity index is 375. The third-order valence-corrected chi connectivity index (χ3v) is 2.52. The summed E-state index contributed by atoms with van der Waals surface area (Å²) in [6.07, 6.45) is 0. The maximum absolute atomic E-state index is 11.6. The van der Waals surface area contributed by atoms with E-state index in [1.807, 2.05) is 37.3 Å². The van der Waals surface area contributed by atoms with Gasteiger partial charge in [0.15, 0.2) is 0 Å². The van der Waals surface area contributed by atoms with E-state index in [1.165, 1.54) is 0 Å². The number of hydrogen-bond donors (Lipinski definition) is 3. The van der Waals surface area contributed by atoms with E-state index in [0.717, 1.165) is 5.56 Å². The van der Waals surface area contributed by atoms with Crippen molar-refractivity contribution in [2.75, 3.05) is 0 Å². The number of nitrogens with two attached hydrogens (primary N) is 1. The summed E-state index contributed by atoms with van der Waals surface area (Å²) in [6.45, 7) is 3.52. The van der Waals surface area contributed by atoms with Crippen LogP contribution >= 0.6 is 0 Å². The van der Waals surface area contributed by atoms with Gasteiger partial charge in [-0.1, -0.05) is 30.3 Å². The first-order valence-electron chi connectivity index (χ1n) is 5.21. The number of amides is 1. The molecule has 0 saturated heterocycles. The number of rotatable bonds is 4. The standard InChI is InChI=1S/C12H17N3O/c1-8(11(13)14)12(16)15-9(2)10-6-4-3-5-7-10/h3-9H,1-2H3,(H3,13,14)(H,15,16)/t8?,9-/m0/s1. The molecule has 0 aliphatic carbocycles. The predicted molar refractivity (Wildman–Crippen MR) is 64.1 cm³/mol. The minimum Gasteiger partial charge on any atom is -0.387 e. The molecular weight excluding hydrogens is 202 g/mol. The van der Waals surface area contributed by atoms with E-state index in [1.54, 1.807) is 6.92 Å². The highest BCUT2D eigenvalue weighted by Crippen LogP contribution is 2.11. The topological polar surface area (TPSA) is 79.0 Å². The van der Waals surface area contributed by atoms with Gasteiger partial charge in [-0.2, -0.15) is 0 Å². The second-order valence-electron chi connectivity index (χ2n) is 3.82. The average Bonchev–Trinajstić information content (AvgIpc) is 2.28. The Morgan fingerprint density at radius 2 is 1.88 bits per heavy atom. The van der Waals surface area contributed by atoms with Gasteiger partial charge in [0.1, 0.15) is 5.84 Å².